The zero-order valence-electron chi connectivity index (χ0n) is 12.9. The Morgan fingerprint density at radius 2 is 2.30 bits per heavy atom. The Hall–Kier alpha value is -1.06. The first-order valence-electron chi connectivity index (χ1n) is 7.74. The van der Waals surface area contributed by atoms with Crippen LogP contribution in [0.25, 0.3) is 0 Å². The summed E-state index contributed by atoms with van der Waals surface area (Å²) in [6, 6.07) is 6.74. The van der Waals surface area contributed by atoms with Crippen molar-refractivity contribution in [1.29, 1.82) is 0 Å². The lowest BCUT2D eigenvalue weighted by molar-refractivity contribution is 0.0945. The summed E-state index contributed by atoms with van der Waals surface area (Å²) in [7, 11) is 1.72. The number of nitrogens with one attached hydrogen (secondary N) is 1. The van der Waals surface area contributed by atoms with Crippen molar-refractivity contribution in [3.8, 4) is 5.75 Å². The Balaban J connectivity index is 2.11. The first kappa shape index (κ1) is 15.3. The minimum absolute atomic E-state index is 0.379. The number of methoxy groups -OCH3 is 1. The molecular weight excluding hydrogens is 250 g/mol. The number of benzene rings is 1. The molecule has 2 atom stereocenters. The Labute approximate surface area is 122 Å². The van der Waals surface area contributed by atoms with Crippen molar-refractivity contribution in [2.45, 2.75) is 51.7 Å². The van der Waals surface area contributed by atoms with E-state index in [-0.39, 0.29) is 0 Å². The van der Waals surface area contributed by atoms with E-state index in [2.05, 4.69) is 37.4 Å². The molecule has 0 radical (unpaired) electrons. The van der Waals surface area contributed by atoms with Gasteiger partial charge in [-0.2, -0.15) is 0 Å². The van der Waals surface area contributed by atoms with Gasteiger partial charge in [0.1, 0.15) is 5.75 Å². The molecule has 1 aliphatic heterocycles. The highest BCUT2D eigenvalue weighted by Gasteiger charge is 2.22. The number of hydrogen-bond donors (Lipinski definition) is 1. The maximum Gasteiger partial charge on any atom is 0.119 e. The lowest BCUT2D eigenvalue weighted by Gasteiger charge is -2.24. The second-order valence-corrected chi connectivity index (χ2v) is 5.60. The molecule has 2 rings (SSSR count). The molecule has 0 saturated carbocycles. The zero-order chi connectivity index (χ0) is 14.4. The van der Waals surface area contributed by atoms with E-state index in [1.807, 2.05) is 0 Å². The van der Waals surface area contributed by atoms with Gasteiger partial charge in [0.25, 0.3) is 0 Å². The van der Waals surface area contributed by atoms with Crippen LogP contribution in [-0.4, -0.2) is 26.4 Å². The molecule has 1 fully saturated rings. The fourth-order valence-corrected chi connectivity index (χ4v) is 2.90. The molecule has 3 heteroatoms. The predicted octanol–water partition coefficient (Wildman–Crippen LogP) is 3.61. The minimum atomic E-state index is 0.379. The molecule has 1 aromatic carbocycles. The fraction of sp³-hybridized carbons (Fsp3) is 0.647. The zero-order valence-corrected chi connectivity index (χ0v) is 12.9. The van der Waals surface area contributed by atoms with Gasteiger partial charge in [0.2, 0.25) is 0 Å². The van der Waals surface area contributed by atoms with Gasteiger partial charge in [-0.25, -0.2) is 0 Å². The van der Waals surface area contributed by atoms with Crippen molar-refractivity contribution in [2.75, 3.05) is 20.3 Å². The van der Waals surface area contributed by atoms with Gasteiger partial charge in [-0.15, -0.1) is 0 Å². The van der Waals surface area contributed by atoms with E-state index in [0.29, 0.717) is 12.1 Å². The molecule has 0 aromatic heterocycles. The molecule has 1 N–H and O–H groups in total. The highest BCUT2D eigenvalue weighted by molar-refractivity contribution is 5.36. The van der Waals surface area contributed by atoms with Crippen LogP contribution in [0.5, 0.6) is 5.75 Å². The lowest BCUT2D eigenvalue weighted by atomic mass is 9.95. The molecule has 0 amide bonds. The average molecular weight is 277 g/mol. The molecule has 0 aliphatic carbocycles. The summed E-state index contributed by atoms with van der Waals surface area (Å²) in [4.78, 5) is 0. The van der Waals surface area contributed by atoms with Crippen LogP contribution in [0.3, 0.4) is 0 Å². The van der Waals surface area contributed by atoms with E-state index < -0.39 is 0 Å². The second-order valence-electron chi connectivity index (χ2n) is 5.60. The van der Waals surface area contributed by atoms with Crippen LogP contribution in [0.15, 0.2) is 18.2 Å². The van der Waals surface area contributed by atoms with E-state index in [0.717, 1.165) is 31.7 Å². The van der Waals surface area contributed by atoms with Gasteiger partial charge in [-0.05, 0) is 62.4 Å². The van der Waals surface area contributed by atoms with Crippen molar-refractivity contribution < 1.29 is 9.47 Å². The van der Waals surface area contributed by atoms with E-state index in [4.69, 9.17) is 9.47 Å². The van der Waals surface area contributed by atoms with E-state index in [1.54, 1.807) is 7.11 Å². The summed E-state index contributed by atoms with van der Waals surface area (Å²) < 4.78 is 11.1. The minimum Gasteiger partial charge on any atom is -0.497 e. The molecule has 112 valence electrons. The summed E-state index contributed by atoms with van der Waals surface area (Å²) in [5.74, 6) is 0.928. The van der Waals surface area contributed by atoms with Crippen LogP contribution in [0.2, 0.25) is 0 Å². The molecule has 1 saturated heterocycles. The summed E-state index contributed by atoms with van der Waals surface area (Å²) in [5, 5.41) is 3.67. The van der Waals surface area contributed by atoms with Crippen molar-refractivity contribution in [3.05, 3.63) is 29.3 Å². The molecule has 1 aliphatic rings. The van der Waals surface area contributed by atoms with Gasteiger partial charge in [-0.3, -0.25) is 0 Å². The number of hydrogen-bond acceptors (Lipinski definition) is 3. The van der Waals surface area contributed by atoms with Crippen LogP contribution in [-0.2, 0) is 4.74 Å². The topological polar surface area (TPSA) is 30.5 Å². The second kappa shape index (κ2) is 7.65. The summed E-state index contributed by atoms with van der Waals surface area (Å²) in [5.41, 5.74) is 2.66. The quantitative estimate of drug-likeness (QED) is 0.826. The van der Waals surface area contributed by atoms with Crippen LogP contribution < -0.4 is 10.1 Å². The fourth-order valence-electron chi connectivity index (χ4n) is 2.90. The van der Waals surface area contributed by atoms with Crippen molar-refractivity contribution >= 4 is 0 Å². The van der Waals surface area contributed by atoms with Gasteiger partial charge in [0.05, 0.1) is 13.2 Å². The molecule has 0 spiro atoms. The number of ether oxygens (including phenoxy) is 2. The van der Waals surface area contributed by atoms with Gasteiger partial charge in [-0.1, -0.05) is 13.0 Å². The maximum atomic E-state index is 5.80. The van der Waals surface area contributed by atoms with Crippen LogP contribution in [0.1, 0.15) is 49.8 Å². The maximum absolute atomic E-state index is 5.80. The third-order valence-corrected chi connectivity index (χ3v) is 4.02. The third-order valence-electron chi connectivity index (χ3n) is 4.02. The molecule has 2 unspecified atom stereocenters. The Morgan fingerprint density at radius 1 is 1.45 bits per heavy atom. The van der Waals surface area contributed by atoms with Gasteiger partial charge in [0, 0.05) is 12.6 Å². The van der Waals surface area contributed by atoms with E-state index in [9.17, 15) is 0 Å². The normalized spacial score (nSPS) is 20.1. The number of rotatable bonds is 7. The molecule has 1 aromatic rings. The summed E-state index contributed by atoms with van der Waals surface area (Å²) in [6.45, 7) is 6.33. The molecule has 1 heterocycles. The number of aryl methyl sites for hydroxylation is 1. The Morgan fingerprint density at radius 3 is 2.90 bits per heavy atom. The highest BCUT2D eigenvalue weighted by atomic mass is 16.5. The summed E-state index contributed by atoms with van der Waals surface area (Å²) >= 11 is 0. The van der Waals surface area contributed by atoms with Crippen molar-refractivity contribution in [2.24, 2.45) is 0 Å². The van der Waals surface area contributed by atoms with Crippen LogP contribution in [0, 0.1) is 6.92 Å². The SMILES string of the molecule is CCCNC(CC1CCCO1)c1ccc(OC)cc1C. The third kappa shape index (κ3) is 3.97. The van der Waals surface area contributed by atoms with Gasteiger partial charge < -0.3 is 14.8 Å². The van der Waals surface area contributed by atoms with Gasteiger partial charge >= 0.3 is 0 Å². The van der Waals surface area contributed by atoms with Gasteiger partial charge in [0.15, 0.2) is 0 Å². The van der Waals surface area contributed by atoms with E-state index >= 15 is 0 Å². The first-order chi connectivity index (χ1) is 9.74. The first-order valence-corrected chi connectivity index (χ1v) is 7.74. The monoisotopic (exact) mass is 277 g/mol. The smallest absolute Gasteiger partial charge is 0.119 e. The lowest BCUT2D eigenvalue weighted by Crippen LogP contribution is -2.26. The Kier molecular flexibility index (Phi) is 5.86. The average Bonchev–Trinajstić information content (AvgIpc) is 2.96. The predicted molar refractivity (Wildman–Crippen MR) is 82.4 cm³/mol. The Bertz CT molecular complexity index is 413. The van der Waals surface area contributed by atoms with Crippen molar-refractivity contribution in [3.63, 3.8) is 0 Å². The van der Waals surface area contributed by atoms with Crippen LogP contribution >= 0.6 is 0 Å². The molecular formula is C17H27NO2. The molecule has 20 heavy (non-hydrogen) atoms. The molecule has 0 bridgehead atoms. The summed E-state index contributed by atoms with van der Waals surface area (Å²) in [6.07, 6.45) is 5.02. The largest absolute Gasteiger partial charge is 0.497 e. The van der Waals surface area contributed by atoms with Crippen LogP contribution in [0.4, 0.5) is 0 Å². The standard InChI is InChI=1S/C17H27NO2/c1-4-9-18-17(12-15-6-5-10-20-15)16-8-7-14(19-3)11-13(16)2/h7-8,11,15,17-18H,4-6,9-10,12H2,1-3H3. The van der Waals surface area contributed by atoms with E-state index in [1.165, 1.54) is 24.0 Å². The van der Waals surface area contributed by atoms with Crippen molar-refractivity contribution in [1.82, 2.24) is 5.32 Å². The molecule has 3 nitrogen and oxygen atoms in total. The highest BCUT2D eigenvalue weighted by Crippen LogP contribution is 2.29.